The van der Waals surface area contributed by atoms with E-state index in [1.54, 1.807) is 0 Å². The summed E-state index contributed by atoms with van der Waals surface area (Å²) in [6.45, 7) is 5.31. The van der Waals surface area contributed by atoms with Crippen LogP contribution < -0.4 is 0 Å². The molecule has 0 heterocycles. The minimum atomic E-state index is -0.541. The lowest BCUT2D eigenvalue weighted by Crippen LogP contribution is -2.27. The van der Waals surface area contributed by atoms with Crippen molar-refractivity contribution in [3.63, 3.8) is 0 Å². The number of rotatable bonds is 41. The third-order valence-corrected chi connectivity index (χ3v) is 9.63. The predicted octanol–water partition coefficient (Wildman–Crippen LogP) is 14.7. The zero-order valence-corrected chi connectivity index (χ0v) is 34.1. The van der Waals surface area contributed by atoms with Crippen molar-refractivity contribution in [1.82, 2.24) is 0 Å². The van der Waals surface area contributed by atoms with Crippen molar-refractivity contribution in [2.75, 3.05) is 19.8 Å². The molecule has 0 bridgehead atoms. The van der Waals surface area contributed by atoms with Gasteiger partial charge in [-0.05, 0) is 77.0 Å². The number of carbonyl (C=O) groups excluding carboxylic acids is 1. The monoisotopic (exact) mass is 715 g/mol. The van der Waals surface area contributed by atoms with Crippen molar-refractivity contribution in [3.05, 3.63) is 48.6 Å². The van der Waals surface area contributed by atoms with E-state index in [-0.39, 0.29) is 12.6 Å². The maximum absolute atomic E-state index is 12.2. The molecule has 1 N–H and O–H groups in total. The first-order chi connectivity index (χ1) is 25.2. The molecule has 0 aliphatic heterocycles. The molecular weight excluding hydrogens is 629 g/mol. The van der Waals surface area contributed by atoms with Gasteiger partial charge in [0.2, 0.25) is 0 Å². The second-order valence-corrected chi connectivity index (χ2v) is 14.8. The number of aliphatic hydroxyl groups excluding tert-OH is 1. The Bertz CT molecular complexity index is 798. The predicted molar refractivity (Wildman–Crippen MR) is 223 cm³/mol. The minimum Gasteiger partial charge on any atom is -0.457 e. The summed E-state index contributed by atoms with van der Waals surface area (Å²) in [5.74, 6) is -0.209. The van der Waals surface area contributed by atoms with Gasteiger partial charge in [0.05, 0.1) is 13.2 Å². The van der Waals surface area contributed by atoms with Gasteiger partial charge in [-0.2, -0.15) is 0 Å². The van der Waals surface area contributed by atoms with Gasteiger partial charge in [0.25, 0.3) is 0 Å². The Balaban J connectivity index is 3.44. The van der Waals surface area contributed by atoms with Crippen LogP contribution in [0, 0.1) is 0 Å². The molecule has 0 amide bonds. The molecule has 4 nitrogen and oxygen atoms in total. The van der Waals surface area contributed by atoms with E-state index in [1.165, 1.54) is 167 Å². The summed E-state index contributed by atoms with van der Waals surface area (Å²) in [7, 11) is 0. The molecule has 0 spiro atoms. The van der Waals surface area contributed by atoms with Crippen LogP contribution in [0.4, 0.5) is 0 Å². The Morgan fingerprint density at radius 1 is 0.471 bits per heavy atom. The van der Waals surface area contributed by atoms with Gasteiger partial charge in [-0.15, -0.1) is 0 Å². The normalized spacial score (nSPS) is 12.8. The van der Waals surface area contributed by atoms with Crippen LogP contribution in [0.1, 0.15) is 219 Å². The number of esters is 1. The van der Waals surface area contributed by atoms with Crippen LogP contribution in [0.5, 0.6) is 0 Å². The van der Waals surface area contributed by atoms with Crippen molar-refractivity contribution < 1.29 is 19.4 Å². The number of hydrogen-bond acceptors (Lipinski definition) is 4. The van der Waals surface area contributed by atoms with Crippen LogP contribution in [-0.2, 0) is 14.3 Å². The highest BCUT2D eigenvalue weighted by atomic mass is 16.6. The van der Waals surface area contributed by atoms with E-state index in [1.807, 2.05) is 0 Å². The van der Waals surface area contributed by atoms with Crippen LogP contribution >= 0.6 is 0 Å². The maximum Gasteiger partial charge on any atom is 0.306 e. The molecule has 0 aromatic rings. The third-order valence-electron chi connectivity index (χ3n) is 9.63. The summed E-state index contributed by atoms with van der Waals surface area (Å²) >= 11 is 0. The van der Waals surface area contributed by atoms with Crippen LogP contribution in [0.15, 0.2) is 48.6 Å². The van der Waals surface area contributed by atoms with Gasteiger partial charge < -0.3 is 14.6 Å². The van der Waals surface area contributed by atoms with E-state index >= 15 is 0 Å². The highest BCUT2D eigenvalue weighted by Gasteiger charge is 2.13. The molecule has 0 radical (unpaired) electrons. The van der Waals surface area contributed by atoms with Crippen molar-refractivity contribution in [3.8, 4) is 0 Å². The average molecular weight is 715 g/mol. The molecule has 51 heavy (non-hydrogen) atoms. The minimum absolute atomic E-state index is 0.176. The van der Waals surface area contributed by atoms with E-state index in [0.717, 1.165) is 32.1 Å². The molecule has 298 valence electrons. The molecule has 0 aliphatic carbocycles. The molecule has 4 heteroatoms. The quantitative estimate of drug-likeness (QED) is 0.0389. The molecule has 0 aliphatic rings. The zero-order chi connectivity index (χ0) is 37.0. The van der Waals surface area contributed by atoms with Crippen molar-refractivity contribution in [1.29, 1.82) is 0 Å². The number of carbonyl (C=O) groups is 1. The number of aliphatic hydroxyl groups is 1. The summed E-state index contributed by atoms with van der Waals surface area (Å²) in [5, 5.41) is 9.61. The van der Waals surface area contributed by atoms with Gasteiger partial charge in [-0.25, -0.2) is 0 Å². The van der Waals surface area contributed by atoms with Crippen molar-refractivity contribution in [2.45, 2.75) is 225 Å². The van der Waals surface area contributed by atoms with Gasteiger partial charge in [-0.3, -0.25) is 4.79 Å². The lowest BCUT2D eigenvalue weighted by Gasteiger charge is -2.16. The summed E-state index contributed by atoms with van der Waals surface area (Å²) in [6, 6.07) is 0. The molecule has 0 aromatic heterocycles. The van der Waals surface area contributed by atoms with Crippen molar-refractivity contribution >= 4 is 5.97 Å². The van der Waals surface area contributed by atoms with Gasteiger partial charge in [-0.1, -0.05) is 184 Å². The van der Waals surface area contributed by atoms with Gasteiger partial charge in [0.1, 0.15) is 6.10 Å². The standard InChI is InChI=1S/C47H86O4/c1-3-5-7-9-11-13-15-17-19-21-22-23-24-25-27-29-31-33-35-37-39-41-43-50-45-46(44-48)51-47(49)42-40-38-36-34-32-30-28-26-20-18-16-14-12-10-8-6-4-2/h12,14-15,17-18,20-22,46,48H,3-11,13,16,19,23-45H2,1-2H3/b14-12-,17-15-,20-18-,22-21-. The highest BCUT2D eigenvalue weighted by Crippen LogP contribution is 2.13. The van der Waals surface area contributed by atoms with Crippen LogP contribution in [0.25, 0.3) is 0 Å². The van der Waals surface area contributed by atoms with E-state index in [9.17, 15) is 9.90 Å². The van der Waals surface area contributed by atoms with Crippen molar-refractivity contribution in [2.24, 2.45) is 0 Å². The van der Waals surface area contributed by atoms with E-state index < -0.39 is 6.10 Å². The molecular formula is C47H86O4. The first-order valence-electron chi connectivity index (χ1n) is 22.2. The molecule has 0 saturated carbocycles. The Morgan fingerprint density at radius 3 is 1.25 bits per heavy atom. The Labute approximate surface area is 318 Å². The molecule has 1 unspecified atom stereocenters. The lowest BCUT2D eigenvalue weighted by atomic mass is 10.1. The molecule has 0 rings (SSSR count). The lowest BCUT2D eigenvalue weighted by molar-refractivity contribution is -0.154. The first kappa shape index (κ1) is 49.4. The second-order valence-electron chi connectivity index (χ2n) is 14.8. The molecule has 0 saturated heterocycles. The number of allylic oxidation sites excluding steroid dienone is 8. The largest absolute Gasteiger partial charge is 0.457 e. The number of ether oxygens (including phenoxy) is 2. The summed E-state index contributed by atoms with van der Waals surface area (Å²) in [6.07, 6.45) is 57.4. The second kappa shape index (κ2) is 44.5. The smallest absolute Gasteiger partial charge is 0.306 e. The van der Waals surface area contributed by atoms with Gasteiger partial charge in [0, 0.05) is 13.0 Å². The van der Waals surface area contributed by atoms with E-state index in [4.69, 9.17) is 9.47 Å². The van der Waals surface area contributed by atoms with Crippen LogP contribution in [0.2, 0.25) is 0 Å². The van der Waals surface area contributed by atoms with Gasteiger partial charge >= 0.3 is 5.97 Å². The molecule has 1 atom stereocenters. The Kier molecular flexibility index (Phi) is 43.1. The Morgan fingerprint density at radius 2 is 0.824 bits per heavy atom. The fourth-order valence-corrected chi connectivity index (χ4v) is 6.27. The Hall–Kier alpha value is -1.65. The highest BCUT2D eigenvalue weighted by molar-refractivity contribution is 5.69. The van der Waals surface area contributed by atoms with Crippen LogP contribution in [0.3, 0.4) is 0 Å². The summed E-state index contributed by atoms with van der Waals surface area (Å²) in [4.78, 5) is 12.2. The topological polar surface area (TPSA) is 55.8 Å². The zero-order valence-electron chi connectivity index (χ0n) is 34.1. The first-order valence-corrected chi connectivity index (χ1v) is 22.2. The maximum atomic E-state index is 12.2. The number of unbranched alkanes of at least 4 members (excludes halogenated alkanes) is 25. The van der Waals surface area contributed by atoms with Crippen LogP contribution in [-0.4, -0.2) is 37.0 Å². The van der Waals surface area contributed by atoms with Gasteiger partial charge in [0.15, 0.2) is 0 Å². The fourth-order valence-electron chi connectivity index (χ4n) is 6.27. The van der Waals surface area contributed by atoms with E-state index in [2.05, 4.69) is 62.5 Å². The van der Waals surface area contributed by atoms with E-state index in [0.29, 0.717) is 19.6 Å². The number of hydrogen-bond donors (Lipinski definition) is 1. The molecule has 0 fully saturated rings. The SMILES string of the molecule is CCCCC/C=C\C/C=C\CCCCCCCCCC(=O)OC(CO)COCCCCCCCCCCCC/C=C\C/C=C\CCCCCCC. The molecule has 0 aromatic carbocycles. The fraction of sp³-hybridized carbons (Fsp3) is 0.809. The average Bonchev–Trinajstić information content (AvgIpc) is 3.14. The summed E-state index contributed by atoms with van der Waals surface area (Å²) in [5.41, 5.74) is 0. The third kappa shape index (κ3) is 42.7. The summed E-state index contributed by atoms with van der Waals surface area (Å²) < 4.78 is 11.2.